The number of hydrogen-bond acceptors (Lipinski definition) is 5. The third kappa shape index (κ3) is 6.20. The minimum absolute atomic E-state index is 0.342. The van der Waals surface area contributed by atoms with Gasteiger partial charge in [0.1, 0.15) is 5.60 Å². The molecule has 7 heteroatoms. The molecule has 0 spiro atoms. The molecule has 1 saturated heterocycles. The van der Waals surface area contributed by atoms with Crippen molar-refractivity contribution < 1.29 is 14.3 Å². The standard InChI is InChI=1S/C21H30N4O3/c1-15-6-7-18(10-17(15)13-27-5)24-19-12-25(20(26)28-21(2,3)4)9-8-16(19)11-23-14-22/h6-7,10-11,14H,8-9,12-13H2,1-5H3,(H2,22,23)/b16-11-,24-19?. The third-order valence-corrected chi connectivity index (χ3v) is 4.23. The predicted molar refractivity (Wildman–Crippen MR) is 112 cm³/mol. The van der Waals surface area contributed by atoms with Gasteiger partial charge in [0.2, 0.25) is 0 Å². The van der Waals surface area contributed by atoms with Gasteiger partial charge in [0.25, 0.3) is 0 Å². The SMILES string of the molecule is COCc1cc(N=C2CN(C(=O)OC(C)(C)C)CC/C2=C/N=CN)ccc1C. The summed E-state index contributed by atoms with van der Waals surface area (Å²) in [5.74, 6) is 0. The maximum absolute atomic E-state index is 12.5. The molecule has 1 amide bonds. The molecule has 1 aromatic rings. The summed E-state index contributed by atoms with van der Waals surface area (Å²) in [5, 5.41) is 0. The Bertz CT molecular complexity index is 791. The van der Waals surface area contributed by atoms with E-state index in [2.05, 4.69) is 4.99 Å². The van der Waals surface area contributed by atoms with Crippen molar-refractivity contribution in [3.63, 3.8) is 0 Å². The van der Waals surface area contributed by atoms with Gasteiger partial charge in [-0.15, -0.1) is 0 Å². The molecule has 0 aliphatic carbocycles. The van der Waals surface area contributed by atoms with Crippen molar-refractivity contribution in [3.8, 4) is 0 Å². The Hall–Kier alpha value is -2.67. The molecule has 2 rings (SSSR count). The average molecular weight is 386 g/mol. The van der Waals surface area contributed by atoms with Crippen molar-refractivity contribution in [1.82, 2.24) is 4.90 Å². The van der Waals surface area contributed by atoms with E-state index >= 15 is 0 Å². The third-order valence-electron chi connectivity index (χ3n) is 4.23. The van der Waals surface area contributed by atoms with Crippen LogP contribution in [0.5, 0.6) is 0 Å². The topological polar surface area (TPSA) is 89.5 Å². The van der Waals surface area contributed by atoms with Crippen LogP contribution in [0.3, 0.4) is 0 Å². The van der Waals surface area contributed by atoms with Crippen LogP contribution in [0, 0.1) is 6.92 Å². The number of amides is 1. The zero-order valence-electron chi connectivity index (χ0n) is 17.4. The van der Waals surface area contributed by atoms with E-state index in [9.17, 15) is 4.79 Å². The molecule has 1 aliphatic heterocycles. The Morgan fingerprint density at radius 2 is 2.11 bits per heavy atom. The number of likely N-dealkylation sites (tertiary alicyclic amines) is 1. The summed E-state index contributed by atoms with van der Waals surface area (Å²) < 4.78 is 10.8. The fourth-order valence-corrected chi connectivity index (χ4v) is 2.82. The molecular weight excluding hydrogens is 356 g/mol. The Morgan fingerprint density at radius 1 is 1.36 bits per heavy atom. The van der Waals surface area contributed by atoms with Crippen molar-refractivity contribution in [3.05, 3.63) is 41.1 Å². The number of methoxy groups -OCH3 is 1. The van der Waals surface area contributed by atoms with E-state index in [0.29, 0.717) is 26.1 Å². The van der Waals surface area contributed by atoms with Crippen LogP contribution in [-0.2, 0) is 16.1 Å². The van der Waals surface area contributed by atoms with Gasteiger partial charge >= 0.3 is 6.09 Å². The molecule has 28 heavy (non-hydrogen) atoms. The number of benzene rings is 1. The molecule has 152 valence electrons. The second-order valence-electron chi connectivity index (χ2n) is 7.71. The fraction of sp³-hybridized carbons (Fsp3) is 0.476. The highest BCUT2D eigenvalue weighted by atomic mass is 16.6. The van der Waals surface area contributed by atoms with Crippen LogP contribution in [0.15, 0.2) is 40.0 Å². The molecule has 0 atom stereocenters. The minimum Gasteiger partial charge on any atom is -0.444 e. The number of rotatable bonds is 4. The number of hydrogen-bond donors (Lipinski definition) is 1. The van der Waals surface area contributed by atoms with E-state index in [1.165, 1.54) is 6.34 Å². The van der Waals surface area contributed by atoms with Crippen LogP contribution in [0.2, 0.25) is 0 Å². The number of nitrogens with two attached hydrogens (primary N) is 1. The minimum atomic E-state index is -0.541. The van der Waals surface area contributed by atoms with Crippen molar-refractivity contribution in [2.45, 2.75) is 46.3 Å². The molecule has 0 saturated carbocycles. The Kier molecular flexibility index (Phi) is 7.34. The van der Waals surface area contributed by atoms with E-state index < -0.39 is 5.60 Å². The van der Waals surface area contributed by atoms with Gasteiger partial charge in [-0.1, -0.05) is 6.07 Å². The lowest BCUT2D eigenvalue weighted by molar-refractivity contribution is 0.0274. The largest absolute Gasteiger partial charge is 0.444 e. The average Bonchev–Trinajstić information content (AvgIpc) is 2.62. The van der Waals surface area contributed by atoms with Gasteiger partial charge in [0.05, 0.1) is 30.9 Å². The van der Waals surface area contributed by atoms with E-state index in [1.54, 1.807) is 18.2 Å². The second-order valence-corrected chi connectivity index (χ2v) is 7.71. The monoisotopic (exact) mass is 386 g/mol. The second kappa shape index (κ2) is 9.50. The van der Waals surface area contributed by atoms with E-state index in [-0.39, 0.29) is 6.09 Å². The maximum atomic E-state index is 12.5. The first-order valence-electron chi connectivity index (χ1n) is 9.30. The predicted octanol–water partition coefficient (Wildman–Crippen LogP) is 3.73. The summed E-state index contributed by atoms with van der Waals surface area (Å²) in [6.45, 7) is 9.03. The summed E-state index contributed by atoms with van der Waals surface area (Å²) in [5.41, 5.74) is 9.60. The highest BCUT2D eigenvalue weighted by Gasteiger charge is 2.28. The molecule has 1 fully saturated rings. The number of aryl methyl sites for hydroxylation is 1. The fourth-order valence-electron chi connectivity index (χ4n) is 2.82. The van der Waals surface area contributed by atoms with Crippen LogP contribution < -0.4 is 5.73 Å². The highest BCUT2D eigenvalue weighted by molar-refractivity contribution is 6.05. The maximum Gasteiger partial charge on any atom is 0.410 e. The van der Waals surface area contributed by atoms with Gasteiger partial charge in [-0.2, -0.15) is 0 Å². The zero-order chi connectivity index (χ0) is 20.7. The van der Waals surface area contributed by atoms with Gasteiger partial charge in [-0.3, -0.25) is 4.99 Å². The zero-order valence-corrected chi connectivity index (χ0v) is 17.4. The van der Waals surface area contributed by atoms with Crippen LogP contribution in [-0.4, -0.2) is 48.8 Å². The molecule has 0 bridgehead atoms. The summed E-state index contributed by atoms with van der Waals surface area (Å²) in [4.78, 5) is 23.0. The molecule has 1 heterocycles. The van der Waals surface area contributed by atoms with Gasteiger partial charge < -0.3 is 20.1 Å². The summed E-state index contributed by atoms with van der Waals surface area (Å²) >= 11 is 0. The van der Waals surface area contributed by atoms with E-state index in [1.807, 2.05) is 45.9 Å². The molecule has 1 aliphatic rings. The first-order valence-corrected chi connectivity index (χ1v) is 9.30. The van der Waals surface area contributed by atoms with Crippen molar-refractivity contribution in [2.24, 2.45) is 15.7 Å². The Labute approximate surface area is 166 Å². The number of ether oxygens (including phenoxy) is 2. The Balaban J connectivity index is 2.33. The van der Waals surface area contributed by atoms with Gasteiger partial charge in [-0.25, -0.2) is 9.79 Å². The van der Waals surface area contributed by atoms with Crippen molar-refractivity contribution in [1.29, 1.82) is 0 Å². The summed E-state index contributed by atoms with van der Waals surface area (Å²) in [6.07, 6.45) is 3.24. The highest BCUT2D eigenvalue weighted by Crippen LogP contribution is 2.23. The van der Waals surface area contributed by atoms with Gasteiger partial charge in [-0.05, 0) is 62.9 Å². The van der Waals surface area contributed by atoms with E-state index in [4.69, 9.17) is 20.2 Å². The smallest absolute Gasteiger partial charge is 0.410 e. The molecule has 0 unspecified atom stereocenters. The lowest BCUT2D eigenvalue weighted by Crippen LogP contribution is -2.43. The molecular formula is C21H30N4O3. The quantitative estimate of drug-likeness (QED) is 0.631. The summed E-state index contributed by atoms with van der Waals surface area (Å²) in [7, 11) is 1.67. The number of carbonyl (C=O) groups excluding carboxylic acids is 1. The lowest BCUT2D eigenvalue weighted by atomic mass is 10.0. The molecule has 7 nitrogen and oxygen atoms in total. The van der Waals surface area contributed by atoms with Crippen molar-refractivity contribution >= 4 is 23.8 Å². The van der Waals surface area contributed by atoms with Crippen LogP contribution in [0.1, 0.15) is 38.3 Å². The van der Waals surface area contributed by atoms with Crippen LogP contribution in [0.25, 0.3) is 0 Å². The number of nitrogens with zero attached hydrogens (tertiary/aromatic N) is 3. The molecule has 2 N–H and O–H groups in total. The number of carbonyl (C=O) groups is 1. The van der Waals surface area contributed by atoms with Crippen LogP contribution >= 0.6 is 0 Å². The summed E-state index contributed by atoms with van der Waals surface area (Å²) in [6, 6.07) is 5.98. The van der Waals surface area contributed by atoms with Gasteiger partial charge in [0.15, 0.2) is 0 Å². The normalized spacial score (nSPS) is 18.2. The first-order chi connectivity index (χ1) is 13.2. The van der Waals surface area contributed by atoms with E-state index in [0.717, 1.165) is 28.1 Å². The Morgan fingerprint density at radius 3 is 2.75 bits per heavy atom. The molecule has 1 aromatic carbocycles. The van der Waals surface area contributed by atoms with Crippen LogP contribution in [0.4, 0.5) is 10.5 Å². The first kappa shape index (κ1) is 21.6. The van der Waals surface area contributed by atoms with Crippen molar-refractivity contribution in [2.75, 3.05) is 20.2 Å². The van der Waals surface area contributed by atoms with Gasteiger partial charge in [0, 0.05) is 19.9 Å². The molecule has 0 aromatic heterocycles. The number of piperidine rings is 1. The number of aliphatic imine (C=N–C) groups is 2. The lowest BCUT2D eigenvalue weighted by Gasteiger charge is -2.31. The molecule has 0 radical (unpaired) electrons.